The highest BCUT2D eigenvalue weighted by Gasteiger charge is 2.03. The normalized spacial score (nSPS) is 10.3. The number of nitrogens with zero attached hydrogens (tertiary/aromatic N) is 2. The predicted octanol–water partition coefficient (Wildman–Crippen LogP) is 1.16. The third-order valence-electron chi connectivity index (χ3n) is 2.89. The second-order valence-electron chi connectivity index (χ2n) is 4.33. The highest BCUT2D eigenvalue weighted by Crippen LogP contribution is 2.14. The average Bonchev–Trinajstić information content (AvgIpc) is 2.85. The fraction of sp³-hybridized carbons (Fsp3) is 0.286. The molecular weight excluding hydrogens is 256 g/mol. The number of methoxy groups -OCH3 is 1. The molecule has 0 fully saturated rings. The van der Waals surface area contributed by atoms with Crippen LogP contribution in [-0.2, 0) is 18.4 Å². The van der Waals surface area contributed by atoms with E-state index in [1.165, 1.54) is 0 Å². The molecule has 0 atom stereocenters. The van der Waals surface area contributed by atoms with Crippen LogP contribution in [0.15, 0.2) is 36.5 Å². The van der Waals surface area contributed by atoms with Crippen LogP contribution in [0.25, 0.3) is 0 Å². The van der Waals surface area contributed by atoms with E-state index in [1.54, 1.807) is 42.3 Å². The predicted molar refractivity (Wildman–Crippen MR) is 76.5 cm³/mol. The van der Waals surface area contributed by atoms with Crippen molar-refractivity contribution >= 4 is 11.6 Å². The van der Waals surface area contributed by atoms with Crippen molar-refractivity contribution in [2.24, 2.45) is 7.05 Å². The minimum atomic E-state index is -0.0858. The number of hydrogen-bond donors (Lipinski definition) is 2. The Labute approximate surface area is 117 Å². The van der Waals surface area contributed by atoms with Crippen molar-refractivity contribution in [2.75, 3.05) is 19.0 Å². The second-order valence-corrected chi connectivity index (χ2v) is 4.33. The molecule has 106 valence electrons. The molecule has 0 bridgehead atoms. The van der Waals surface area contributed by atoms with Gasteiger partial charge in [-0.1, -0.05) is 0 Å². The molecule has 0 radical (unpaired) electrons. The Morgan fingerprint density at radius 1 is 1.30 bits per heavy atom. The molecule has 6 nitrogen and oxygen atoms in total. The van der Waals surface area contributed by atoms with E-state index < -0.39 is 0 Å². The maximum Gasteiger partial charge on any atom is 0.238 e. The van der Waals surface area contributed by atoms with Crippen molar-refractivity contribution in [3.63, 3.8) is 0 Å². The van der Waals surface area contributed by atoms with Crippen LogP contribution in [0.1, 0.15) is 5.69 Å². The van der Waals surface area contributed by atoms with Crippen LogP contribution < -0.4 is 15.4 Å². The number of rotatable bonds is 6. The van der Waals surface area contributed by atoms with Crippen LogP contribution in [0.3, 0.4) is 0 Å². The summed E-state index contributed by atoms with van der Waals surface area (Å²) in [6.07, 6.45) is 1.73. The van der Waals surface area contributed by atoms with Crippen LogP contribution in [0.5, 0.6) is 5.75 Å². The van der Waals surface area contributed by atoms with E-state index in [-0.39, 0.29) is 12.5 Å². The zero-order valence-electron chi connectivity index (χ0n) is 11.6. The van der Waals surface area contributed by atoms with E-state index in [9.17, 15) is 4.79 Å². The molecule has 1 heterocycles. The number of ether oxygens (including phenoxy) is 1. The van der Waals surface area contributed by atoms with Gasteiger partial charge in [0.1, 0.15) is 5.75 Å². The van der Waals surface area contributed by atoms with Gasteiger partial charge >= 0.3 is 0 Å². The first-order valence-electron chi connectivity index (χ1n) is 6.30. The van der Waals surface area contributed by atoms with Crippen LogP contribution in [0, 0.1) is 0 Å². The van der Waals surface area contributed by atoms with Crippen LogP contribution in [0.4, 0.5) is 5.69 Å². The molecule has 0 saturated carbocycles. The third kappa shape index (κ3) is 3.83. The molecule has 0 spiro atoms. The van der Waals surface area contributed by atoms with Crippen LogP contribution in [-0.4, -0.2) is 29.3 Å². The van der Waals surface area contributed by atoms with Crippen LogP contribution >= 0.6 is 0 Å². The molecule has 0 aliphatic rings. The summed E-state index contributed by atoms with van der Waals surface area (Å²) in [5.74, 6) is 0.676. The molecule has 6 heteroatoms. The second kappa shape index (κ2) is 6.72. The van der Waals surface area contributed by atoms with Gasteiger partial charge in [-0.25, -0.2) is 0 Å². The molecule has 1 amide bonds. The zero-order valence-corrected chi connectivity index (χ0v) is 11.6. The molecular formula is C14H18N4O2. The summed E-state index contributed by atoms with van der Waals surface area (Å²) in [6.45, 7) is 0.851. The largest absolute Gasteiger partial charge is 0.497 e. The molecule has 1 aromatic heterocycles. The topological polar surface area (TPSA) is 68.2 Å². The Hall–Kier alpha value is -2.34. The Kier molecular flexibility index (Phi) is 4.73. The lowest BCUT2D eigenvalue weighted by molar-refractivity contribution is -0.115. The number of carbonyl (C=O) groups excluding carboxylic acids is 1. The fourth-order valence-corrected chi connectivity index (χ4v) is 1.76. The first-order chi connectivity index (χ1) is 9.69. The lowest BCUT2D eigenvalue weighted by Gasteiger charge is -2.07. The lowest BCUT2D eigenvalue weighted by atomic mass is 10.3. The van der Waals surface area contributed by atoms with E-state index >= 15 is 0 Å². The molecule has 20 heavy (non-hydrogen) atoms. The van der Waals surface area contributed by atoms with Gasteiger partial charge in [0, 0.05) is 25.5 Å². The SMILES string of the molecule is COc1ccc(NC(=O)CNCc2ccnn2C)cc1. The van der Waals surface area contributed by atoms with Gasteiger partial charge in [0.25, 0.3) is 0 Å². The summed E-state index contributed by atoms with van der Waals surface area (Å²) in [7, 11) is 3.48. The van der Waals surface area contributed by atoms with Crippen molar-refractivity contribution in [3.8, 4) is 5.75 Å². The number of aromatic nitrogens is 2. The highest BCUT2D eigenvalue weighted by molar-refractivity contribution is 5.92. The van der Waals surface area contributed by atoms with Gasteiger partial charge in [0.05, 0.1) is 19.3 Å². The molecule has 2 N–H and O–H groups in total. The van der Waals surface area contributed by atoms with E-state index in [0.29, 0.717) is 6.54 Å². The molecule has 0 unspecified atom stereocenters. The van der Waals surface area contributed by atoms with Crippen molar-refractivity contribution < 1.29 is 9.53 Å². The molecule has 1 aromatic carbocycles. The summed E-state index contributed by atoms with van der Waals surface area (Å²) < 4.78 is 6.83. The van der Waals surface area contributed by atoms with E-state index in [2.05, 4.69) is 15.7 Å². The van der Waals surface area contributed by atoms with Crippen LogP contribution in [0.2, 0.25) is 0 Å². The number of anilines is 1. The molecule has 0 aliphatic heterocycles. The van der Waals surface area contributed by atoms with E-state index in [0.717, 1.165) is 17.1 Å². The van der Waals surface area contributed by atoms with E-state index in [1.807, 2.05) is 13.1 Å². The monoisotopic (exact) mass is 274 g/mol. The Bertz CT molecular complexity index is 563. The number of nitrogens with one attached hydrogen (secondary N) is 2. The molecule has 0 saturated heterocycles. The quantitative estimate of drug-likeness (QED) is 0.829. The van der Waals surface area contributed by atoms with Gasteiger partial charge in [-0.05, 0) is 30.3 Å². The van der Waals surface area contributed by atoms with Crippen molar-refractivity contribution in [3.05, 3.63) is 42.2 Å². The average molecular weight is 274 g/mol. The van der Waals surface area contributed by atoms with Gasteiger partial charge in [0.2, 0.25) is 5.91 Å². The van der Waals surface area contributed by atoms with Gasteiger partial charge < -0.3 is 15.4 Å². The first kappa shape index (κ1) is 14.1. The number of aryl methyl sites for hydroxylation is 1. The highest BCUT2D eigenvalue weighted by atomic mass is 16.5. The Morgan fingerprint density at radius 3 is 2.65 bits per heavy atom. The third-order valence-corrected chi connectivity index (χ3v) is 2.89. The number of hydrogen-bond acceptors (Lipinski definition) is 4. The van der Waals surface area contributed by atoms with E-state index in [4.69, 9.17) is 4.74 Å². The van der Waals surface area contributed by atoms with Crippen molar-refractivity contribution in [1.29, 1.82) is 0 Å². The number of benzene rings is 1. The van der Waals surface area contributed by atoms with Gasteiger partial charge in [-0.15, -0.1) is 0 Å². The smallest absolute Gasteiger partial charge is 0.238 e. The molecule has 2 rings (SSSR count). The number of amides is 1. The summed E-state index contributed by atoms with van der Waals surface area (Å²) in [5, 5.41) is 9.94. The maximum absolute atomic E-state index is 11.8. The Morgan fingerprint density at radius 2 is 2.05 bits per heavy atom. The maximum atomic E-state index is 11.8. The van der Waals surface area contributed by atoms with Crippen molar-refractivity contribution in [2.45, 2.75) is 6.54 Å². The molecule has 0 aliphatic carbocycles. The van der Waals surface area contributed by atoms with Gasteiger partial charge in [-0.3, -0.25) is 9.48 Å². The summed E-state index contributed by atoms with van der Waals surface area (Å²) in [5.41, 5.74) is 1.78. The minimum Gasteiger partial charge on any atom is -0.497 e. The number of carbonyl (C=O) groups is 1. The van der Waals surface area contributed by atoms with Gasteiger partial charge in [0.15, 0.2) is 0 Å². The fourth-order valence-electron chi connectivity index (χ4n) is 1.76. The minimum absolute atomic E-state index is 0.0858. The van der Waals surface area contributed by atoms with Gasteiger partial charge in [-0.2, -0.15) is 5.10 Å². The summed E-state index contributed by atoms with van der Waals surface area (Å²) >= 11 is 0. The summed E-state index contributed by atoms with van der Waals surface area (Å²) in [6, 6.07) is 9.13. The molecule has 2 aromatic rings. The standard InChI is InChI=1S/C14H18N4O2/c1-18-12(7-8-16-18)9-15-10-14(19)17-11-3-5-13(20-2)6-4-11/h3-8,15H,9-10H2,1-2H3,(H,17,19). The lowest BCUT2D eigenvalue weighted by Crippen LogP contribution is -2.28. The zero-order chi connectivity index (χ0) is 14.4. The Balaban J connectivity index is 1.76. The first-order valence-corrected chi connectivity index (χ1v) is 6.30. The van der Waals surface area contributed by atoms with Crippen molar-refractivity contribution in [1.82, 2.24) is 15.1 Å². The summed E-state index contributed by atoms with van der Waals surface area (Å²) in [4.78, 5) is 11.8.